The zero-order chi connectivity index (χ0) is 29.4. The maximum Gasteiger partial charge on any atom is 0.416 e. The van der Waals surface area contributed by atoms with Crippen molar-refractivity contribution < 1.29 is 40.6 Å². The summed E-state index contributed by atoms with van der Waals surface area (Å²) < 4.78 is 90.3. The summed E-state index contributed by atoms with van der Waals surface area (Å²) in [5.41, 5.74) is -1.45. The van der Waals surface area contributed by atoms with Crippen LogP contribution in [0.5, 0.6) is 11.5 Å². The van der Waals surface area contributed by atoms with E-state index in [2.05, 4.69) is 16.0 Å². The van der Waals surface area contributed by atoms with Crippen LogP contribution in [0.1, 0.15) is 54.4 Å². The number of fused-ring (bicyclic) bond motifs is 1. The summed E-state index contributed by atoms with van der Waals surface area (Å²) >= 11 is 1.30. The van der Waals surface area contributed by atoms with Gasteiger partial charge in [-0.25, -0.2) is 0 Å². The third-order valence-electron chi connectivity index (χ3n) is 7.23. The number of nitrogens with zero attached hydrogens (tertiary/aromatic N) is 2. The van der Waals surface area contributed by atoms with Gasteiger partial charge in [-0.15, -0.1) is 0 Å². The Balaban J connectivity index is 1.31. The van der Waals surface area contributed by atoms with Crippen LogP contribution in [-0.2, 0) is 23.8 Å². The maximum absolute atomic E-state index is 13.5. The number of hydrogen-bond acceptors (Lipinski definition) is 5. The van der Waals surface area contributed by atoms with E-state index in [1.54, 1.807) is 18.2 Å². The monoisotopic (exact) mass is 596 g/mol. The highest BCUT2D eigenvalue weighted by Gasteiger charge is 2.38. The highest BCUT2D eigenvalue weighted by molar-refractivity contribution is 8.18. The van der Waals surface area contributed by atoms with E-state index in [1.165, 1.54) is 37.1 Å². The van der Waals surface area contributed by atoms with Crippen LogP contribution in [0.2, 0.25) is 0 Å². The van der Waals surface area contributed by atoms with E-state index < -0.39 is 35.6 Å². The Hall–Kier alpha value is -3.41. The van der Waals surface area contributed by atoms with Crippen molar-refractivity contribution in [1.82, 2.24) is 4.90 Å². The minimum absolute atomic E-state index is 0.0761. The average Bonchev–Trinajstić information content (AvgIpc) is 3.30. The number of benzene rings is 2. The topological polar surface area (TPSA) is 51.1 Å². The van der Waals surface area contributed by atoms with Gasteiger partial charge in [0.25, 0.3) is 5.91 Å². The second kappa shape index (κ2) is 11.5. The number of amides is 1. The average molecular weight is 597 g/mol. The molecule has 0 aromatic heterocycles. The Bertz CT molecular complexity index is 1430. The number of likely N-dealkylation sites (tertiary alicyclic amines) is 1. The molecule has 2 aliphatic heterocycles. The van der Waals surface area contributed by atoms with Crippen LogP contribution in [0.15, 0.2) is 58.1 Å². The number of allylic oxidation sites excluding steroid dienone is 2. The zero-order valence-electron chi connectivity index (χ0n) is 21.9. The lowest BCUT2D eigenvalue weighted by molar-refractivity contribution is -0.143. The van der Waals surface area contributed by atoms with Gasteiger partial charge in [0.2, 0.25) is 0 Å². The van der Waals surface area contributed by atoms with Crippen molar-refractivity contribution in [2.45, 2.75) is 51.1 Å². The molecule has 1 atom stereocenters. The molecule has 5 rings (SSSR count). The first-order valence-electron chi connectivity index (χ1n) is 13.0. The van der Waals surface area contributed by atoms with Crippen LogP contribution in [0.25, 0.3) is 6.08 Å². The first-order valence-corrected chi connectivity index (χ1v) is 13.8. The lowest BCUT2D eigenvalue weighted by Crippen LogP contribution is -2.37. The van der Waals surface area contributed by atoms with Crippen LogP contribution >= 0.6 is 11.8 Å². The number of amidine groups is 1. The van der Waals surface area contributed by atoms with Gasteiger partial charge in [-0.05, 0) is 85.7 Å². The number of alkyl halides is 6. The van der Waals surface area contributed by atoms with Crippen LogP contribution < -0.4 is 9.47 Å². The molecule has 1 saturated heterocycles. The molecule has 3 aliphatic rings. The normalized spacial score (nSPS) is 20.6. The van der Waals surface area contributed by atoms with E-state index in [0.29, 0.717) is 27.6 Å². The van der Waals surface area contributed by atoms with Gasteiger partial charge >= 0.3 is 12.4 Å². The minimum atomic E-state index is -5.00. The number of aliphatic imine (C=N–C) groups is 1. The van der Waals surface area contributed by atoms with Gasteiger partial charge < -0.3 is 14.4 Å². The Kier molecular flexibility index (Phi) is 8.13. The molecule has 218 valence electrons. The number of carbonyl (C=O) groups is 1. The Morgan fingerprint density at radius 3 is 2.54 bits per heavy atom. The summed E-state index contributed by atoms with van der Waals surface area (Å²) in [6.45, 7) is 0.172. The molecule has 5 nitrogen and oxygen atoms in total. The molecule has 2 aromatic carbocycles. The van der Waals surface area contributed by atoms with Gasteiger partial charge in [0.05, 0.1) is 23.1 Å². The molecular formula is C29H26F6N2O3S. The molecule has 41 heavy (non-hydrogen) atoms. The number of carbonyl (C=O) groups excluding carboxylic acids is 1. The smallest absolute Gasteiger partial charge is 0.416 e. The lowest BCUT2D eigenvalue weighted by atomic mass is 9.85. The molecule has 1 fully saturated rings. The Labute approximate surface area is 236 Å². The molecular weight excluding hydrogens is 570 g/mol. The van der Waals surface area contributed by atoms with Crippen molar-refractivity contribution in [3.05, 3.63) is 75.3 Å². The van der Waals surface area contributed by atoms with Gasteiger partial charge in [-0.3, -0.25) is 4.79 Å². The van der Waals surface area contributed by atoms with Crippen molar-refractivity contribution in [2.75, 3.05) is 13.7 Å². The molecule has 0 saturated carbocycles. The van der Waals surface area contributed by atoms with E-state index >= 15 is 0 Å². The van der Waals surface area contributed by atoms with E-state index in [1.807, 2.05) is 0 Å². The standard InChI is InChI=1S/C29H26F6N2O3S/c1-39-24-13-17(14-25-26(38)36-27(41-25)37-12-4-6-18-5-2-3-7-22(18)37)8-11-23(24)40-16-19-9-10-20(28(30,31)32)15-21(19)29(33,34)35/h7-11,13-15,18H,2-6,12,16H2,1H3. The van der Waals surface area contributed by atoms with Gasteiger partial charge in [0.15, 0.2) is 16.7 Å². The number of rotatable bonds is 5. The second-order valence-corrected chi connectivity index (χ2v) is 10.9. The van der Waals surface area contributed by atoms with E-state index in [0.717, 1.165) is 38.3 Å². The van der Waals surface area contributed by atoms with Gasteiger partial charge in [0, 0.05) is 17.8 Å². The van der Waals surface area contributed by atoms with E-state index in [-0.39, 0.29) is 23.5 Å². The molecule has 1 amide bonds. The molecule has 1 aliphatic carbocycles. The first kappa shape index (κ1) is 29.1. The largest absolute Gasteiger partial charge is 0.493 e. The lowest BCUT2D eigenvalue weighted by Gasteiger charge is -2.38. The third-order valence-corrected chi connectivity index (χ3v) is 8.23. The Morgan fingerprint density at radius 1 is 1.02 bits per heavy atom. The van der Waals surface area contributed by atoms with E-state index in [9.17, 15) is 31.1 Å². The van der Waals surface area contributed by atoms with Crippen LogP contribution in [0.4, 0.5) is 26.3 Å². The second-order valence-electron chi connectivity index (χ2n) is 9.93. The fourth-order valence-electron chi connectivity index (χ4n) is 5.24. The summed E-state index contributed by atoms with van der Waals surface area (Å²) in [4.78, 5) is 19.6. The number of halogens is 6. The van der Waals surface area contributed by atoms with Crippen LogP contribution in [0, 0.1) is 5.92 Å². The highest BCUT2D eigenvalue weighted by atomic mass is 32.2. The molecule has 0 bridgehead atoms. The van der Waals surface area contributed by atoms with Crippen LogP contribution in [0.3, 0.4) is 0 Å². The number of thioether (sulfide) groups is 1. The third kappa shape index (κ3) is 6.42. The van der Waals surface area contributed by atoms with Gasteiger partial charge in [-0.2, -0.15) is 31.3 Å². The minimum Gasteiger partial charge on any atom is -0.493 e. The van der Waals surface area contributed by atoms with Crippen molar-refractivity contribution in [2.24, 2.45) is 10.9 Å². The maximum atomic E-state index is 13.5. The molecule has 1 unspecified atom stereocenters. The first-order chi connectivity index (χ1) is 19.4. The van der Waals surface area contributed by atoms with Crippen molar-refractivity contribution in [3.8, 4) is 11.5 Å². The number of ether oxygens (including phenoxy) is 2. The van der Waals surface area contributed by atoms with E-state index in [4.69, 9.17) is 9.47 Å². The van der Waals surface area contributed by atoms with Crippen molar-refractivity contribution in [1.29, 1.82) is 0 Å². The highest BCUT2D eigenvalue weighted by Crippen LogP contribution is 2.41. The van der Waals surface area contributed by atoms with Crippen molar-refractivity contribution in [3.63, 3.8) is 0 Å². The van der Waals surface area contributed by atoms with Gasteiger partial charge in [-0.1, -0.05) is 18.2 Å². The molecule has 0 radical (unpaired) electrons. The summed E-state index contributed by atoms with van der Waals surface area (Å²) in [5.74, 6) is 0.414. The van der Waals surface area contributed by atoms with Crippen LogP contribution in [-0.4, -0.2) is 29.6 Å². The fourth-order valence-corrected chi connectivity index (χ4v) is 6.20. The Morgan fingerprint density at radius 2 is 1.80 bits per heavy atom. The number of methoxy groups -OCH3 is 1. The zero-order valence-corrected chi connectivity index (χ0v) is 22.8. The predicted molar refractivity (Wildman–Crippen MR) is 143 cm³/mol. The summed E-state index contributed by atoms with van der Waals surface area (Å²) in [5, 5.41) is 0.656. The molecule has 2 heterocycles. The summed E-state index contributed by atoms with van der Waals surface area (Å²) in [7, 11) is 1.35. The summed E-state index contributed by atoms with van der Waals surface area (Å²) in [6, 6.07) is 6.05. The SMILES string of the molecule is COc1cc(C=C2SC(N3CCCC4CCCC=C43)=NC2=O)ccc1OCc1ccc(C(F)(F)F)cc1C(F)(F)F. The molecule has 0 spiro atoms. The molecule has 12 heteroatoms. The van der Waals surface area contributed by atoms with Gasteiger partial charge in [0.1, 0.15) is 6.61 Å². The number of piperidine rings is 1. The quantitative estimate of drug-likeness (QED) is 0.258. The summed E-state index contributed by atoms with van der Waals surface area (Å²) in [6.07, 6.45) is -0.523. The predicted octanol–water partition coefficient (Wildman–Crippen LogP) is 8.06. The number of hydrogen-bond donors (Lipinski definition) is 0. The molecule has 2 aromatic rings. The molecule has 0 N–H and O–H groups in total. The van der Waals surface area contributed by atoms with Crippen molar-refractivity contribution >= 4 is 28.9 Å². The fraction of sp³-hybridized carbons (Fsp3) is 0.379.